The van der Waals surface area contributed by atoms with Gasteiger partial charge in [0.15, 0.2) is 0 Å². The molecule has 1 saturated heterocycles. The maximum atomic E-state index is 12.2. The Morgan fingerprint density at radius 3 is 2.95 bits per heavy atom. The average molecular weight is 297 g/mol. The molecule has 1 aliphatic rings. The van der Waals surface area contributed by atoms with Crippen molar-refractivity contribution < 1.29 is 9.53 Å². The first-order valence-electron chi connectivity index (χ1n) is 6.92. The van der Waals surface area contributed by atoms with Gasteiger partial charge >= 0.3 is 5.97 Å². The molecular formula is C15H21ClN2O2. The van der Waals surface area contributed by atoms with Gasteiger partial charge in [0.05, 0.1) is 5.02 Å². The van der Waals surface area contributed by atoms with Gasteiger partial charge in [-0.05, 0) is 51.8 Å². The summed E-state index contributed by atoms with van der Waals surface area (Å²) in [5, 5.41) is 0.641. The van der Waals surface area contributed by atoms with Crippen LogP contribution in [0.1, 0.15) is 39.2 Å². The summed E-state index contributed by atoms with van der Waals surface area (Å²) in [5.74, 6) is -0.139. The molecule has 1 atom stereocenters. The van der Waals surface area contributed by atoms with E-state index in [9.17, 15) is 4.79 Å². The Balaban J connectivity index is 2.04. The molecule has 1 aliphatic heterocycles. The lowest BCUT2D eigenvalue weighted by atomic mass is 10.1. The molecule has 0 spiro atoms. The number of carbonyl (C=O) groups is 1. The average Bonchev–Trinajstić information content (AvgIpc) is 2.78. The summed E-state index contributed by atoms with van der Waals surface area (Å²) in [6.45, 7) is 7.23. The Morgan fingerprint density at radius 1 is 1.55 bits per heavy atom. The lowest BCUT2D eigenvalue weighted by Gasteiger charge is -2.27. The fraction of sp³-hybridized carbons (Fsp3) is 0.600. The summed E-state index contributed by atoms with van der Waals surface area (Å²) in [6.07, 6.45) is 5.21. The molecule has 1 aromatic heterocycles. The highest BCUT2D eigenvalue weighted by Gasteiger charge is 2.34. The summed E-state index contributed by atoms with van der Waals surface area (Å²) >= 11 is 6.13. The van der Waals surface area contributed by atoms with E-state index in [1.165, 1.54) is 0 Å². The third kappa shape index (κ3) is 3.93. The molecule has 5 heteroatoms. The Morgan fingerprint density at radius 2 is 2.30 bits per heavy atom. The van der Waals surface area contributed by atoms with Gasteiger partial charge in [0.1, 0.15) is 11.6 Å². The molecule has 110 valence electrons. The van der Waals surface area contributed by atoms with Crippen LogP contribution in [0.3, 0.4) is 0 Å². The van der Waals surface area contributed by atoms with E-state index in [-0.39, 0.29) is 12.0 Å². The molecular weight excluding hydrogens is 276 g/mol. The van der Waals surface area contributed by atoms with Gasteiger partial charge in [0.25, 0.3) is 0 Å². The van der Waals surface area contributed by atoms with Crippen molar-refractivity contribution in [1.82, 2.24) is 9.88 Å². The molecule has 0 amide bonds. The van der Waals surface area contributed by atoms with Crippen molar-refractivity contribution in [1.29, 1.82) is 0 Å². The molecule has 2 heterocycles. The SMILES string of the molecule is CC(C)(C)OC(=O)[C@H]1CCCN1Cc1ccncc1Cl. The zero-order valence-electron chi connectivity index (χ0n) is 12.2. The zero-order valence-corrected chi connectivity index (χ0v) is 13.0. The standard InChI is InChI=1S/C15H21ClN2O2/c1-15(2,3)20-14(19)13-5-4-8-18(13)10-11-6-7-17-9-12(11)16/h6-7,9,13H,4-5,8,10H2,1-3H3/t13-/m1/s1. The first-order valence-corrected chi connectivity index (χ1v) is 7.30. The second-order valence-electron chi connectivity index (χ2n) is 6.13. The molecule has 1 fully saturated rings. The van der Waals surface area contributed by atoms with Gasteiger partial charge in [0, 0.05) is 18.9 Å². The van der Waals surface area contributed by atoms with E-state index in [1.54, 1.807) is 12.4 Å². The van der Waals surface area contributed by atoms with E-state index in [0.29, 0.717) is 11.6 Å². The molecule has 20 heavy (non-hydrogen) atoms. The number of hydrogen-bond donors (Lipinski definition) is 0. The highest BCUT2D eigenvalue weighted by molar-refractivity contribution is 6.31. The summed E-state index contributed by atoms with van der Waals surface area (Å²) in [6, 6.07) is 1.73. The van der Waals surface area contributed by atoms with Gasteiger partial charge in [-0.25, -0.2) is 0 Å². The van der Waals surface area contributed by atoms with E-state index in [0.717, 1.165) is 24.9 Å². The largest absolute Gasteiger partial charge is 0.459 e. The Kier molecular flexibility index (Phi) is 4.66. The van der Waals surface area contributed by atoms with Crippen LogP contribution in [-0.4, -0.2) is 34.0 Å². The van der Waals surface area contributed by atoms with E-state index < -0.39 is 5.60 Å². The van der Waals surface area contributed by atoms with E-state index >= 15 is 0 Å². The highest BCUT2D eigenvalue weighted by Crippen LogP contribution is 2.25. The van der Waals surface area contributed by atoms with E-state index in [4.69, 9.17) is 16.3 Å². The number of halogens is 1. The van der Waals surface area contributed by atoms with Gasteiger partial charge in [0.2, 0.25) is 0 Å². The number of aromatic nitrogens is 1. The lowest BCUT2D eigenvalue weighted by Crippen LogP contribution is -2.40. The zero-order chi connectivity index (χ0) is 14.8. The van der Waals surface area contributed by atoms with Crippen LogP contribution in [0.15, 0.2) is 18.5 Å². The summed E-state index contributed by atoms with van der Waals surface area (Å²) < 4.78 is 5.49. The normalized spacial score (nSPS) is 20.1. The summed E-state index contributed by atoms with van der Waals surface area (Å²) in [5.41, 5.74) is 0.553. The van der Waals surface area contributed by atoms with Crippen molar-refractivity contribution in [2.75, 3.05) is 6.54 Å². The quantitative estimate of drug-likeness (QED) is 0.804. The van der Waals surface area contributed by atoms with Crippen molar-refractivity contribution >= 4 is 17.6 Å². The van der Waals surface area contributed by atoms with Crippen LogP contribution in [0.4, 0.5) is 0 Å². The first kappa shape index (κ1) is 15.3. The van der Waals surface area contributed by atoms with Gasteiger partial charge in [-0.2, -0.15) is 0 Å². The van der Waals surface area contributed by atoms with Crippen LogP contribution in [0, 0.1) is 0 Å². The fourth-order valence-electron chi connectivity index (χ4n) is 2.40. The summed E-state index contributed by atoms with van der Waals surface area (Å²) in [7, 11) is 0. The van der Waals surface area contributed by atoms with Crippen molar-refractivity contribution in [3.05, 3.63) is 29.0 Å². The lowest BCUT2D eigenvalue weighted by molar-refractivity contribution is -0.160. The van der Waals surface area contributed by atoms with Crippen LogP contribution in [0.5, 0.6) is 0 Å². The predicted molar refractivity (Wildman–Crippen MR) is 78.5 cm³/mol. The number of carbonyl (C=O) groups excluding carboxylic acids is 1. The maximum absolute atomic E-state index is 12.2. The number of likely N-dealkylation sites (tertiary alicyclic amines) is 1. The number of rotatable bonds is 3. The molecule has 1 aromatic rings. The Hall–Kier alpha value is -1.13. The smallest absolute Gasteiger partial charge is 0.323 e. The fourth-order valence-corrected chi connectivity index (χ4v) is 2.58. The van der Waals surface area contributed by atoms with E-state index in [1.807, 2.05) is 26.8 Å². The van der Waals surface area contributed by atoms with Crippen LogP contribution >= 0.6 is 11.6 Å². The van der Waals surface area contributed by atoms with Gasteiger partial charge in [-0.3, -0.25) is 14.7 Å². The van der Waals surface area contributed by atoms with Crippen molar-refractivity contribution in [3.63, 3.8) is 0 Å². The predicted octanol–water partition coefficient (Wildman–Crippen LogP) is 3.04. The van der Waals surface area contributed by atoms with Gasteiger partial charge < -0.3 is 4.74 Å². The second kappa shape index (κ2) is 6.10. The van der Waals surface area contributed by atoms with Crippen molar-refractivity contribution in [2.24, 2.45) is 0 Å². The minimum Gasteiger partial charge on any atom is -0.459 e. The number of pyridine rings is 1. The monoisotopic (exact) mass is 296 g/mol. The van der Waals surface area contributed by atoms with E-state index in [2.05, 4.69) is 9.88 Å². The van der Waals surface area contributed by atoms with Crippen LogP contribution < -0.4 is 0 Å². The maximum Gasteiger partial charge on any atom is 0.323 e. The second-order valence-corrected chi connectivity index (χ2v) is 6.54. The Bertz CT molecular complexity index is 485. The number of ether oxygens (including phenoxy) is 1. The molecule has 0 radical (unpaired) electrons. The molecule has 0 bridgehead atoms. The van der Waals surface area contributed by atoms with Crippen molar-refractivity contribution in [3.8, 4) is 0 Å². The molecule has 0 N–H and O–H groups in total. The molecule has 2 rings (SSSR count). The number of nitrogens with zero attached hydrogens (tertiary/aromatic N) is 2. The molecule has 0 unspecified atom stereocenters. The first-order chi connectivity index (χ1) is 9.37. The highest BCUT2D eigenvalue weighted by atomic mass is 35.5. The number of esters is 1. The Labute approximate surface area is 125 Å². The molecule has 4 nitrogen and oxygen atoms in total. The van der Waals surface area contributed by atoms with Gasteiger partial charge in [-0.1, -0.05) is 11.6 Å². The minimum atomic E-state index is -0.445. The minimum absolute atomic E-state index is 0.139. The topological polar surface area (TPSA) is 42.4 Å². The third-order valence-electron chi connectivity index (χ3n) is 3.27. The third-order valence-corrected chi connectivity index (χ3v) is 3.61. The van der Waals surface area contributed by atoms with Crippen LogP contribution in [0.25, 0.3) is 0 Å². The van der Waals surface area contributed by atoms with Crippen LogP contribution in [0.2, 0.25) is 5.02 Å². The van der Waals surface area contributed by atoms with Crippen LogP contribution in [-0.2, 0) is 16.1 Å². The molecule has 0 saturated carbocycles. The molecule has 0 aliphatic carbocycles. The van der Waals surface area contributed by atoms with Crippen molar-refractivity contribution in [2.45, 2.75) is 51.8 Å². The van der Waals surface area contributed by atoms with Gasteiger partial charge in [-0.15, -0.1) is 0 Å². The number of hydrogen-bond acceptors (Lipinski definition) is 4. The summed E-state index contributed by atoms with van der Waals surface area (Å²) in [4.78, 5) is 18.4. The molecule has 0 aromatic carbocycles.